The molecule has 2 rings (SSSR count). The summed E-state index contributed by atoms with van der Waals surface area (Å²) in [7, 11) is 1.70. The Kier molecular flexibility index (Phi) is 3.86. The third-order valence-electron chi connectivity index (χ3n) is 2.27. The van der Waals surface area contributed by atoms with Gasteiger partial charge in [-0.15, -0.1) is 0 Å². The number of nitrogen functional groups attached to an aromatic ring is 1. The average molecular weight is 304 g/mol. The second-order valence-corrected chi connectivity index (χ2v) is 4.95. The highest BCUT2D eigenvalue weighted by atomic mass is 32.2. The number of nitrogens with two attached hydrogens (primary N) is 1. The number of rotatable bonds is 3. The van der Waals surface area contributed by atoms with Gasteiger partial charge in [-0.3, -0.25) is 4.68 Å². The number of nitrogens with one attached hydrogen (secondary N) is 1. The van der Waals surface area contributed by atoms with E-state index in [2.05, 4.69) is 20.5 Å². The van der Waals surface area contributed by atoms with Crippen molar-refractivity contribution >= 4 is 17.6 Å². The maximum absolute atomic E-state index is 12.7. The maximum Gasteiger partial charge on any atom is 0.451 e. The number of hydrazine groups is 1. The van der Waals surface area contributed by atoms with Gasteiger partial charge in [0.05, 0.1) is 5.69 Å². The molecule has 6 nitrogen and oxygen atoms in total. The molecule has 0 amide bonds. The molecular weight excluding hydrogens is 293 g/mol. The van der Waals surface area contributed by atoms with Crippen molar-refractivity contribution in [2.75, 3.05) is 5.43 Å². The molecule has 0 atom stereocenters. The van der Waals surface area contributed by atoms with Crippen molar-refractivity contribution in [3.63, 3.8) is 0 Å². The topological polar surface area (TPSA) is 81.6 Å². The van der Waals surface area contributed by atoms with Gasteiger partial charge in [-0.05, 0) is 13.0 Å². The largest absolute Gasteiger partial charge is 0.451 e. The molecule has 2 aromatic heterocycles. The summed E-state index contributed by atoms with van der Waals surface area (Å²) in [6.45, 7) is 1.79. The molecule has 0 saturated carbocycles. The zero-order valence-electron chi connectivity index (χ0n) is 10.6. The van der Waals surface area contributed by atoms with Gasteiger partial charge in [-0.2, -0.15) is 18.3 Å². The van der Waals surface area contributed by atoms with Gasteiger partial charge in [0.25, 0.3) is 0 Å². The van der Waals surface area contributed by atoms with Crippen LogP contribution in [0.5, 0.6) is 0 Å². The molecule has 0 unspecified atom stereocenters. The molecule has 0 bridgehead atoms. The molecule has 20 heavy (non-hydrogen) atoms. The van der Waals surface area contributed by atoms with Gasteiger partial charge in [0.1, 0.15) is 15.9 Å². The minimum atomic E-state index is -4.63. The fourth-order valence-corrected chi connectivity index (χ4v) is 2.39. The Morgan fingerprint density at radius 1 is 1.30 bits per heavy atom. The second kappa shape index (κ2) is 5.29. The van der Waals surface area contributed by atoms with Crippen LogP contribution < -0.4 is 11.3 Å². The number of anilines is 1. The summed E-state index contributed by atoms with van der Waals surface area (Å²) in [5.74, 6) is 3.78. The Morgan fingerprint density at radius 3 is 2.50 bits per heavy atom. The summed E-state index contributed by atoms with van der Waals surface area (Å²) in [6, 6.07) is 3.08. The zero-order valence-corrected chi connectivity index (χ0v) is 11.4. The Balaban J connectivity index is 2.38. The van der Waals surface area contributed by atoms with E-state index in [-0.39, 0.29) is 10.8 Å². The van der Waals surface area contributed by atoms with Crippen LogP contribution >= 0.6 is 11.8 Å². The average Bonchev–Trinajstić information content (AvgIpc) is 2.66. The molecule has 3 N–H and O–H groups in total. The predicted molar refractivity (Wildman–Crippen MR) is 66.9 cm³/mol. The molecule has 0 radical (unpaired) electrons. The van der Waals surface area contributed by atoms with Crippen molar-refractivity contribution in [2.45, 2.75) is 23.2 Å². The third kappa shape index (κ3) is 3.20. The molecule has 108 valence electrons. The molecule has 0 fully saturated rings. The first-order valence-electron chi connectivity index (χ1n) is 5.41. The predicted octanol–water partition coefficient (Wildman–Crippen LogP) is 1.97. The molecule has 2 heterocycles. The van der Waals surface area contributed by atoms with E-state index in [9.17, 15) is 13.2 Å². The van der Waals surface area contributed by atoms with Crippen molar-refractivity contribution in [1.82, 2.24) is 19.7 Å². The minimum absolute atomic E-state index is 0.103. The van der Waals surface area contributed by atoms with E-state index < -0.39 is 12.0 Å². The first-order chi connectivity index (χ1) is 9.29. The van der Waals surface area contributed by atoms with Crippen LogP contribution in [0.15, 0.2) is 22.2 Å². The lowest BCUT2D eigenvalue weighted by Crippen LogP contribution is -2.16. The standard InChI is InChI=1S/C10H11F3N6S/c1-5-3-8(19(2)18-5)20-7-4-6(17-14)15-9(16-7)10(11,12)13/h3-4H,14H2,1-2H3,(H,15,16,17). The number of aryl methyl sites for hydroxylation is 2. The van der Waals surface area contributed by atoms with Crippen LogP contribution in [0.4, 0.5) is 19.0 Å². The lowest BCUT2D eigenvalue weighted by molar-refractivity contribution is -0.145. The Labute approximate surface area is 116 Å². The molecule has 0 spiro atoms. The van der Waals surface area contributed by atoms with Crippen molar-refractivity contribution in [1.29, 1.82) is 0 Å². The van der Waals surface area contributed by atoms with E-state index in [1.807, 2.05) is 0 Å². The van der Waals surface area contributed by atoms with Gasteiger partial charge >= 0.3 is 6.18 Å². The summed E-state index contributed by atoms with van der Waals surface area (Å²) >= 11 is 1.05. The zero-order chi connectivity index (χ0) is 14.9. The fourth-order valence-electron chi connectivity index (χ4n) is 1.47. The van der Waals surface area contributed by atoms with Gasteiger partial charge in [0, 0.05) is 13.1 Å². The highest BCUT2D eigenvalue weighted by Crippen LogP contribution is 2.32. The van der Waals surface area contributed by atoms with Crippen LogP contribution in [-0.2, 0) is 13.2 Å². The van der Waals surface area contributed by atoms with E-state index in [1.165, 1.54) is 6.07 Å². The van der Waals surface area contributed by atoms with E-state index in [4.69, 9.17) is 5.84 Å². The van der Waals surface area contributed by atoms with Crippen LogP contribution in [0.25, 0.3) is 0 Å². The van der Waals surface area contributed by atoms with Gasteiger partial charge in [-0.1, -0.05) is 11.8 Å². The van der Waals surface area contributed by atoms with E-state index in [0.29, 0.717) is 5.03 Å². The normalized spacial score (nSPS) is 11.7. The molecule has 10 heteroatoms. The molecular formula is C10H11F3N6S. The number of halogens is 3. The van der Waals surface area contributed by atoms with Crippen molar-refractivity contribution in [3.8, 4) is 0 Å². The highest BCUT2D eigenvalue weighted by Gasteiger charge is 2.35. The van der Waals surface area contributed by atoms with E-state index in [1.54, 1.807) is 24.7 Å². The van der Waals surface area contributed by atoms with Gasteiger partial charge in [0.15, 0.2) is 0 Å². The van der Waals surface area contributed by atoms with Gasteiger partial charge in [0.2, 0.25) is 5.82 Å². The molecule has 0 aliphatic rings. The lowest BCUT2D eigenvalue weighted by Gasteiger charge is -2.09. The Morgan fingerprint density at radius 2 is 2.00 bits per heavy atom. The second-order valence-electron chi connectivity index (χ2n) is 3.91. The van der Waals surface area contributed by atoms with Crippen molar-refractivity contribution in [2.24, 2.45) is 12.9 Å². The Bertz CT molecular complexity index is 624. The quantitative estimate of drug-likeness (QED) is 0.512. The Hall–Kier alpha value is -1.81. The minimum Gasteiger partial charge on any atom is -0.308 e. The molecule has 2 aromatic rings. The molecule has 0 saturated heterocycles. The first kappa shape index (κ1) is 14.6. The number of nitrogens with zero attached hydrogens (tertiary/aromatic N) is 4. The number of hydrogen-bond donors (Lipinski definition) is 2. The van der Waals surface area contributed by atoms with E-state index in [0.717, 1.165) is 17.5 Å². The summed E-state index contributed by atoms with van der Waals surface area (Å²) < 4.78 is 39.6. The molecule has 0 aromatic carbocycles. The van der Waals surface area contributed by atoms with Crippen LogP contribution in [0.3, 0.4) is 0 Å². The summed E-state index contributed by atoms with van der Waals surface area (Å²) in [6.07, 6.45) is -4.63. The van der Waals surface area contributed by atoms with Crippen molar-refractivity contribution in [3.05, 3.63) is 23.7 Å². The van der Waals surface area contributed by atoms with Gasteiger partial charge in [-0.25, -0.2) is 15.8 Å². The lowest BCUT2D eigenvalue weighted by atomic mass is 10.5. The number of alkyl halides is 3. The monoisotopic (exact) mass is 304 g/mol. The smallest absolute Gasteiger partial charge is 0.308 e. The van der Waals surface area contributed by atoms with Crippen LogP contribution in [0, 0.1) is 6.92 Å². The number of aromatic nitrogens is 4. The van der Waals surface area contributed by atoms with Gasteiger partial charge < -0.3 is 5.43 Å². The van der Waals surface area contributed by atoms with E-state index >= 15 is 0 Å². The van der Waals surface area contributed by atoms with Crippen molar-refractivity contribution < 1.29 is 13.2 Å². The highest BCUT2D eigenvalue weighted by molar-refractivity contribution is 7.99. The van der Waals surface area contributed by atoms with Crippen LogP contribution in [-0.4, -0.2) is 19.7 Å². The van der Waals surface area contributed by atoms with Crippen LogP contribution in [0.2, 0.25) is 0 Å². The number of hydrogen-bond acceptors (Lipinski definition) is 6. The maximum atomic E-state index is 12.7. The SMILES string of the molecule is Cc1cc(Sc2cc(NN)nc(C(F)(F)F)n2)n(C)n1. The third-order valence-corrected chi connectivity index (χ3v) is 3.28. The summed E-state index contributed by atoms with van der Waals surface area (Å²) in [5.41, 5.74) is 2.86. The summed E-state index contributed by atoms with van der Waals surface area (Å²) in [4.78, 5) is 6.77. The molecule has 0 aliphatic carbocycles. The molecule has 0 aliphatic heterocycles. The fraction of sp³-hybridized carbons (Fsp3) is 0.300. The first-order valence-corrected chi connectivity index (χ1v) is 6.22. The summed E-state index contributed by atoms with van der Waals surface area (Å²) in [5, 5.41) is 4.90. The van der Waals surface area contributed by atoms with Crippen LogP contribution in [0.1, 0.15) is 11.5 Å².